The van der Waals surface area contributed by atoms with E-state index in [1.165, 1.54) is 0 Å². The molecule has 1 amide bonds. The van der Waals surface area contributed by atoms with Crippen LogP contribution in [0.1, 0.15) is 28.8 Å². The molecule has 0 radical (unpaired) electrons. The molecular formula is C22H21N5O3S. The van der Waals surface area contributed by atoms with Crippen molar-refractivity contribution in [3.8, 4) is 22.5 Å². The van der Waals surface area contributed by atoms with Gasteiger partial charge in [0.05, 0.1) is 16.8 Å². The van der Waals surface area contributed by atoms with Crippen LogP contribution in [0.15, 0.2) is 53.6 Å². The molecule has 0 spiro atoms. The van der Waals surface area contributed by atoms with Crippen molar-refractivity contribution in [3.63, 3.8) is 0 Å². The van der Waals surface area contributed by atoms with Gasteiger partial charge in [-0.2, -0.15) is 0 Å². The maximum atomic E-state index is 12.4. The van der Waals surface area contributed by atoms with Gasteiger partial charge in [0.15, 0.2) is 0 Å². The van der Waals surface area contributed by atoms with Crippen molar-refractivity contribution in [1.82, 2.24) is 20.0 Å². The molecule has 1 saturated carbocycles. The fraction of sp³-hybridized carbons (Fsp3) is 0.227. The third-order valence-corrected chi connectivity index (χ3v) is 7.00. The number of benzene rings is 2. The fourth-order valence-electron chi connectivity index (χ4n) is 3.62. The van der Waals surface area contributed by atoms with Crippen LogP contribution in [-0.4, -0.2) is 36.9 Å². The molecule has 4 N–H and O–H groups in total. The summed E-state index contributed by atoms with van der Waals surface area (Å²) in [6.45, 7) is 0.599. The van der Waals surface area contributed by atoms with E-state index in [-0.39, 0.29) is 22.7 Å². The Balaban J connectivity index is 1.47. The van der Waals surface area contributed by atoms with Crippen LogP contribution in [0.5, 0.6) is 0 Å². The predicted molar refractivity (Wildman–Crippen MR) is 117 cm³/mol. The second kappa shape index (κ2) is 7.44. The van der Waals surface area contributed by atoms with E-state index in [9.17, 15) is 13.2 Å². The van der Waals surface area contributed by atoms with Crippen LogP contribution in [0.2, 0.25) is 0 Å². The minimum atomic E-state index is -3.51. The summed E-state index contributed by atoms with van der Waals surface area (Å²) in [6.07, 6.45) is 4.08. The van der Waals surface area contributed by atoms with Gasteiger partial charge in [0.25, 0.3) is 5.91 Å². The lowest BCUT2D eigenvalue weighted by Crippen LogP contribution is -2.31. The minimum absolute atomic E-state index is 0.0536. The Kier molecular flexibility index (Phi) is 4.71. The number of hydrogen-bond donors (Lipinski definition) is 3. The first-order valence-corrected chi connectivity index (χ1v) is 11.6. The summed E-state index contributed by atoms with van der Waals surface area (Å²) in [5.41, 5.74) is 10.3. The van der Waals surface area contributed by atoms with E-state index in [1.807, 2.05) is 12.1 Å². The van der Waals surface area contributed by atoms with Crippen molar-refractivity contribution in [2.75, 3.05) is 12.3 Å². The normalized spacial score (nSPS) is 15.9. The Morgan fingerprint density at radius 1 is 1.06 bits per heavy atom. The lowest BCUT2D eigenvalue weighted by Gasteiger charge is -2.17. The quantitative estimate of drug-likeness (QED) is 0.563. The van der Waals surface area contributed by atoms with Crippen molar-refractivity contribution >= 4 is 21.7 Å². The number of rotatable bonds is 5. The highest BCUT2D eigenvalue weighted by molar-refractivity contribution is 7.89. The Labute approximate surface area is 180 Å². The van der Waals surface area contributed by atoms with E-state index >= 15 is 0 Å². The molecule has 0 atom stereocenters. The van der Waals surface area contributed by atoms with E-state index in [2.05, 4.69) is 20.0 Å². The first-order valence-electron chi connectivity index (χ1n) is 10.1. The van der Waals surface area contributed by atoms with Gasteiger partial charge in [0, 0.05) is 29.3 Å². The van der Waals surface area contributed by atoms with Crippen LogP contribution in [-0.2, 0) is 16.4 Å². The molecule has 158 valence electrons. The average Bonchev–Trinajstić information content (AvgIpc) is 3.57. The number of nitrogens with one attached hydrogen (secondary N) is 2. The van der Waals surface area contributed by atoms with Gasteiger partial charge in [-0.3, -0.25) is 4.79 Å². The van der Waals surface area contributed by atoms with Crippen molar-refractivity contribution in [1.29, 1.82) is 0 Å². The average molecular weight is 436 g/mol. The number of carbonyl (C=O) groups excluding carboxylic acids is 1. The molecule has 8 nitrogen and oxygen atoms in total. The predicted octanol–water partition coefficient (Wildman–Crippen LogP) is 2.12. The van der Waals surface area contributed by atoms with Crippen LogP contribution >= 0.6 is 0 Å². The molecule has 5 rings (SSSR count). The molecule has 0 bridgehead atoms. The topological polar surface area (TPSA) is 127 Å². The summed E-state index contributed by atoms with van der Waals surface area (Å²) < 4.78 is 27.4. The fourth-order valence-corrected chi connectivity index (χ4v) is 4.92. The van der Waals surface area contributed by atoms with Crippen LogP contribution in [0.25, 0.3) is 22.5 Å². The van der Waals surface area contributed by atoms with Gasteiger partial charge in [0.2, 0.25) is 10.0 Å². The Hall–Kier alpha value is -3.30. The van der Waals surface area contributed by atoms with Gasteiger partial charge in [-0.15, -0.1) is 0 Å². The highest BCUT2D eigenvalue weighted by Crippen LogP contribution is 2.29. The molecule has 1 aromatic heterocycles. The van der Waals surface area contributed by atoms with Crippen LogP contribution < -0.4 is 15.8 Å². The molecule has 2 aliphatic rings. The van der Waals surface area contributed by atoms with Crippen molar-refractivity contribution in [2.24, 2.45) is 0 Å². The molecule has 1 aliphatic heterocycles. The van der Waals surface area contributed by atoms with E-state index < -0.39 is 10.0 Å². The molecular weight excluding hydrogens is 414 g/mol. The summed E-state index contributed by atoms with van der Waals surface area (Å²) in [5.74, 6) is 0.212. The number of aromatic nitrogens is 2. The smallest absolute Gasteiger partial charge is 0.251 e. The summed E-state index contributed by atoms with van der Waals surface area (Å²) in [5, 5.41) is 2.83. The number of nitrogen functional groups attached to an aromatic ring is 1. The van der Waals surface area contributed by atoms with Crippen molar-refractivity contribution in [3.05, 3.63) is 59.8 Å². The third-order valence-electron chi connectivity index (χ3n) is 5.46. The van der Waals surface area contributed by atoms with Crippen LogP contribution in [0.3, 0.4) is 0 Å². The molecule has 9 heteroatoms. The van der Waals surface area contributed by atoms with Gasteiger partial charge in [-0.1, -0.05) is 18.2 Å². The molecule has 1 aliphatic carbocycles. The summed E-state index contributed by atoms with van der Waals surface area (Å²) in [4.78, 5) is 21.2. The first kappa shape index (κ1) is 19.7. The number of hydrogen-bond acceptors (Lipinski definition) is 6. The number of fused-ring (bicyclic) bond motifs is 1. The maximum Gasteiger partial charge on any atom is 0.251 e. The monoisotopic (exact) mass is 435 g/mol. The second-order valence-electron chi connectivity index (χ2n) is 7.79. The second-order valence-corrected chi connectivity index (χ2v) is 9.50. The zero-order valence-electron chi connectivity index (χ0n) is 16.6. The highest BCUT2D eigenvalue weighted by atomic mass is 32.2. The minimum Gasteiger partial charge on any atom is -0.382 e. The number of amides is 1. The number of anilines is 1. The van der Waals surface area contributed by atoms with Gasteiger partial charge in [-0.05, 0) is 49.1 Å². The maximum absolute atomic E-state index is 12.4. The molecule has 2 heterocycles. The zero-order valence-corrected chi connectivity index (χ0v) is 17.4. The van der Waals surface area contributed by atoms with Crippen LogP contribution in [0, 0.1) is 0 Å². The van der Waals surface area contributed by atoms with Gasteiger partial charge < -0.3 is 11.1 Å². The molecule has 31 heavy (non-hydrogen) atoms. The number of nitrogens with two attached hydrogens (primary N) is 1. The van der Waals surface area contributed by atoms with E-state index in [0.717, 1.165) is 36.0 Å². The Bertz CT molecular complexity index is 1280. The highest BCUT2D eigenvalue weighted by Gasteiger charge is 2.28. The third kappa shape index (κ3) is 3.89. The van der Waals surface area contributed by atoms with Crippen molar-refractivity contribution < 1.29 is 13.2 Å². The number of carbonyl (C=O) groups is 1. The largest absolute Gasteiger partial charge is 0.382 e. The standard InChI is InChI=1S/C22H21N5O3S/c23-21-20(15-3-8-18-14(11-15)9-10-24-22(18)28)26-19(12-25-21)13-1-6-17(7-2-13)31(29,30)27-16-4-5-16/h1-3,6-8,11-12,16,27H,4-5,9-10H2,(H2,23,25)(H,24,28). The van der Waals surface area contributed by atoms with Gasteiger partial charge in [0.1, 0.15) is 11.5 Å². The Morgan fingerprint density at radius 3 is 2.55 bits per heavy atom. The van der Waals surface area contributed by atoms with E-state index in [4.69, 9.17) is 5.73 Å². The summed E-state index contributed by atoms with van der Waals surface area (Å²) in [7, 11) is -3.51. The molecule has 0 saturated heterocycles. The molecule has 0 unspecified atom stereocenters. The summed E-state index contributed by atoms with van der Waals surface area (Å²) in [6, 6.07) is 12.1. The van der Waals surface area contributed by atoms with E-state index in [0.29, 0.717) is 23.5 Å². The summed E-state index contributed by atoms with van der Waals surface area (Å²) >= 11 is 0. The lowest BCUT2D eigenvalue weighted by atomic mass is 9.96. The molecule has 3 aromatic rings. The number of sulfonamides is 1. The Morgan fingerprint density at radius 2 is 1.81 bits per heavy atom. The molecule has 1 fully saturated rings. The van der Waals surface area contributed by atoms with E-state index in [1.54, 1.807) is 36.5 Å². The van der Waals surface area contributed by atoms with Crippen molar-refractivity contribution in [2.45, 2.75) is 30.2 Å². The molecule has 2 aromatic carbocycles. The number of nitrogens with zero attached hydrogens (tertiary/aromatic N) is 2. The SMILES string of the molecule is Nc1ncc(-c2ccc(S(=O)(=O)NC3CC3)cc2)nc1-c1ccc2c(c1)CCNC2=O. The zero-order chi connectivity index (χ0) is 21.6. The van der Waals surface area contributed by atoms with Gasteiger partial charge in [-0.25, -0.2) is 23.1 Å². The first-order chi connectivity index (χ1) is 14.9. The van der Waals surface area contributed by atoms with Crippen LogP contribution in [0.4, 0.5) is 5.82 Å². The lowest BCUT2D eigenvalue weighted by molar-refractivity contribution is 0.0946. The van der Waals surface area contributed by atoms with Gasteiger partial charge >= 0.3 is 0 Å².